The van der Waals surface area contributed by atoms with Crippen LogP contribution in [-0.4, -0.2) is 25.4 Å². The summed E-state index contributed by atoms with van der Waals surface area (Å²) in [6.07, 6.45) is 6.34. The monoisotopic (exact) mass is 391 g/mol. The molecule has 3 aromatic rings. The summed E-state index contributed by atoms with van der Waals surface area (Å²) in [5.41, 5.74) is 1.65. The number of aryl methyl sites for hydroxylation is 2. The Labute approximate surface area is 147 Å². The first kappa shape index (κ1) is 16.6. The third-order valence-corrected chi connectivity index (χ3v) is 3.95. The van der Waals surface area contributed by atoms with Crippen LogP contribution in [0.5, 0.6) is 0 Å². The maximum atomic E-state index is 11.9. The SMILES string of the molecule is CCCc1noc(CCC(=O)NCc2cn3cc(Br)ccc3n2)n1. The van der Waals surface area contributed by atoms with E-state index in [2.05, 4.69) is 43.3 Å². The van der Waals surface area contributed by atoms with Gasteiger partial charge in [0.25, 0.3) is 0 Å². The minimum Gasteiger partial charge on any atom is -0.350 e. The van der Waals surface area contributed by atoms with Crippen LogP contribution in [0.3, 0.4) is 0 Å². The van der Waals surface area contributed by atoms with E-state index in [0.29, 0.717) is 31.1 Å². The minimum atomic E-state index is -0.0662. The Hall–Kier alpha value is -2.22. The molecule has 0 atom stereocenters. The number of carbonyl (C=O) groups is 1. The molecule has 0 saturated carbocycles. The molecule has 126 valence electrons. The van der Waals surface area contributed by atoms with Gasteiger partial charge in [-0.2, -0.15) is 4.98 Å². The number of nitrogens with one attached hydrogen (secondary N) is 1. The molecule has 3 aromatic heterocycles. The Morgan fingerprint density at radius 1 is 1.29 bits per heavy atom. The molecule has 8 heteroatoms. The second kappa shape index (κ2) is 7.57. The molecule has 3 rings (SSSR count). The van der Waals surface area contributed by atoms with Gasteiger partial charge in [0, 0.05) is 36.1 Å². The molecule has 0 fully saturated rings. The van der Waals surface area contributed by atoms with E-state index < -0.39 is 0 Å². The van der Waals surface area contributed by atoms with Gasteiger partial charge in [0.2, 0.25) is 11.8 Å². The van der Waals surface area contributed by atoms with Crippen molar-refractivity contribution in [1.29, 1.82) is 0 Å². The highest BCUT2D eigenvalue weighted by molar-refractivity contribution is 9.10. The van der Waals surface area contributed by atoms with Crippen LogP contribution in [0.15, 0.2) is 33.5 Å². The molecule has 0 unspecified atom stereocenters. The third-order valence-electron chi connectivity index (χ3n) is 3.48. The normalized spacial score (nSPS) is 11.1. The molecule has 0 aliphatic heterocycles. The summed E-state index contributed by atoms with van der Waals surface area (Å²) in [6.45, 7) is 2.45. The van der Waals surface area contributed by atoms with Crippen molar-refractivity contribution >= 4 is 27.5 Å². The molecular formula is C16H18BrN5O2. The summed E-state index contributed by atoms with van der Waals surface area (Å²) in [6, 6.07) is 3.85. The number of imidazole rings is 1. The van der Waals surface area contributed by atoms with Crippen molar-refractivity contribution in [2.45, 2.75) is 39.2 Å². The first-order chi connectivity index (χ1) is 11.6. The van der Waals surface area contributed by atoms with E-state index in [1.807, 2.05) is 28.9 Å². The molecule has 0 aliphatic carbocycles. The smallest absolute Gasteiger partial charge is 0.227 e. The topological polar surface area (TPSA) is 85.3 Å². The lowest BCUT2D eigenvalue weighted by Crippen LogP contribution is -2.23. The Morgan fingerprint density at radius 2 is 2.17 bits per heavy atom. The molecule has 0 saturated heterocycles. The second-order valence-corrected chi connectivity index (χ2v) is 6.39. The highest BCUT2D eigenvalue weighted by Crippen LogP contribution is 2.12. The van der Waals surface area contributed by atoms with Gasteiger partial charge in [-0.05, 0) is 34.5 Å². The van der Waals surface area contributed by atoms with E-state index in [4.69, 9.17) is 4.52 Å². The van der Waals surface area contributed by atoms with Crippen molar-refractivity contribution in [3.63, 3.8) is 0 Å². The molecule has 0 bridgehead atoms. The van der Waals surface area contributed by atoms with E-state index in [1.165, 1.54) is 0 Å². The number of nitrogens with zero attached hydrogens (tertiary/aromatic N) is 4. The van der Waals surface area contributed by atoms with Crippen molar-refractivity contribution < 1.29 is 9.32 Å². The standard InChI is InChI=1S/C16H18BrN5O2/c1-2-3-13-20-16(24-21-13)7-6-15(23)18-8-12-10-22-9-11(17)4-5-14(22)19-12/h4-5,9-10H,2-3,6-8H2,1H3,(H,18,23). The largest absolute Gasteiger partial charge is 0.350 e. The van der Waals surface area contributed by atoms with Gasteiger partial charge in [0.1, 0.15) is 5.65 Å². The number of hydrogen-bond acceptors (Lipinski definition) is 5. The Balaban J connectivity index is 1.49. The van der Waals surface area contributed by atoms with Gasteiger partial charge >= 0.3 is 0 Å². The molecule has 0 spiro atoms. The van der Waals surface area contributed by atoms with Gasteiger partial charge in [-0.3, -0.25) is 4.79 Å². The van der Waals surface area contributed by atoms with Crippen molar-refractivity contribution in [2.75, 3.05) is 0 Å². The summed E-state index contributed by atoms with van der Waals surface area (Å²) in [4.78, 5) is 20.7. The second-order valence-electron chi connectivity index (χ2n) is 5.48. The van der Waals surface area contributed by atoms with Crippen LogP contribution in [0.25, 0.3) is 5.65 Å². The quantitative estimate of drug-likeness (QED) is 0.668. The molecule has 1 N–H and O–H groups in total. The number of carbonyl (C=O) groups excluding carboxylic acids is 1. The number of pyridine rings is 1. The first-order valence-electron chi connectivity index (χ1n) is 7.85. The van der Waals surface area contributed by atoms with E-state index in [0.717, 1.165) is 28.7 Å². The van der Waals surface area contributed by atoms with Crippen molar-refractivity contribution in [3.05, 3.63) is 46.4 Å². The number of fused-ring (bicyclic) bond motifs is 1. The highest BCUT2D eigenvalue weighted by atomic mass is 79.9. The average Bonchev–Trinajstić information content (AvgIpc) is 3.17. The Morgan fingerprint density at radius 3 is 3.00 bits per heavy atom. The van der Waals surface area contributed by atoms with Crippen LogP contribution < -0.4 is 5.32 Å². The molecular weight excluding hydrogens is 374 g/mol. The van der Waals surface area contributed by atoms with E-state index in [1.54, 1.807) is 0 Å². The molecule has 1 amide bonds. The molecule has 24 heavy (non-hydrogen) atoms. The average molecular weight is 392 g/mol. The fraction of sp³-hybridized carbons (Fsp3) is 0.375. The van der Waals surface area contributed by atoms with Crippen LogP contribution >= 0.6 is 15.9 Å². The molecule has 0 radical (unpaired) electrons. The van der Waals surface area contributed by atoms with Crippen LogP contribution in [-0.2, 0) is 24.2 Å². The van der Waals surface area contributed by atoms with E-state index in [-0.39, 0.29) is 5.91 Å². The third kappa shape index (κ3) is 4.19. The summed E-state index contributed by atoms with van der Waals surface area (Å²) >= 11 is 3.42. The molecule has 0 aromatic carbocycles. The summed E-state index contributed by atoms with van der Waals surface area (Å²) in [5.74, 6) is 1.14. The van der Waals surface area contributed by atoms with Gasteiger partial charge in [0.05, 0.1) is 12.2 Å². The lowest BCUT2D eigenvalue weighted by molar-refractivity contribution is -0.121. The Bertz CT molecular complexity index is 842. The number of hydrogen-bond donors (Lipinski definition) is 1. The lowest BCUT2D eigenvalue weighted by Gasteiger charge is -2.01. The zero-order chi connectivity index (χ0) is 16.9. The van der Waals surface area contributed by atoms with Gasteiger partial charge in [-0.25, -0.2) is 4.98 Å². The summed E-state index contributed by atoms with van der Waals surface area (Å²) < 4.78 is 8.01. The number of aromatic nitrogens is 4. The molecule has 0 aliphatic rings. The summed E-state index contributed by atoms with van der Waals surface area (Å²) in [7, 11) is 0. The van der Waals surface area contributed by atoms with Gasteiger partial charge in [-0.1, -0.05) is 12.1 Å². The zero-order valence-corrected chi connectivity index (χ0v) is 14.9. The maximum Gasteiger partial charge on any atom is 0.227 e. The predicted octanol–water partition coefficient (Wildman–Crippen LogP) is 2.68. The van der Waals surface area contributed by atoms with Gasteiger partial charge in [-0.15, -0.1) is 0 Å². The van der Waals surface area contributed by atoms with Crippen LogP contribution in [0.1, 0.15) is 37.2 Å². The molecule has 7 nitrogen and oxygen atoms in total. The predicted molar refractivity (Wildman–Crippen MR) is 91.4 cm³/mol. The number of halogens is 1. The first-order valence-corrected chi connectivity index (χ1v) is 8.64. The fourth-order valence-electron chi connectivity index (χ4n) is 2.32. The maximum absolute atomic E-state index is 11.9. The zero-order valence-electron chi connectivity index (χ0n) is 13.3. The van der Waals surface area contributed by atoms with Crippen molar-refractivity contribution in [1.82, 2.24) is 24.8 Å². The van der Waals surface area contributed by atoms with Crippen LogP contribution in [0.2, 0.25) is 0 Å². The number of amides is 1. The van der Waals surface area contributed by atoms with E-state index >= 15 is 0 Å². The van der Waals surface area contributed by atoms with Crippen molar-refractivity contribution in [2.24, 2.45) is 0 Å². The minimum absolute atomic E-state index is 0.0662. The highest BCUT2D eigenvalue weighted by Gasteiger charge is 2.09. The van der Waals surface area contributed by atoms with Crippen molar-refractivity contribution in [3.8, 4) is 0 Å². The molecule has 3 heterocycles. The summed E-state index contributed by atoms with van der Waals surface area (Å²) in [5, 5.41) is 6.73. The van der Waals surface area contributed by atoms with E-state index in [9.17, 15) is 4.79 Å². The number of rotatable bonds is 7. The fourth-order valence-corrected chi connectivity index (χ4v) is 2.67. The van der Waals surface area contributed by atoms with Gasteiger partial charge < -0.3 is 14.2 Å². The van der Waals surface area contributed by atoms with Crippen LogP contribution in [0, 0.1) is 0 Å². The van der Waals surface area contributed by atoms with Gasteiger partial charge in [0.15, 0.2) is 5.82 Å². The lowest BCUT2D eigenvalue weighted by atomic mass is 10.3. The Kier molecular flexibility index (Phi) is 5.24. The van der Waals surface area contributed by atoms with Crippen LogP contribution in [0.4, 0.5) is 0 Å².